The molecule has 0 aromatic carbocycles. The number of thioether (sulfide) groups is 1. The highest BCUT2D eigenvalue weighted by Gasteiger charge is 2.22. The van der Waals surface area contributed by atoms with Gasteiger partial charge in [-0.05, 0) is 50.8 Å². The average molecular weight is 343 g/mol. The molecule has 0 aliphatic carbocycles. The third-order valence-electron chi connectivity index (χ3n) is 3.49. The van der Waals surface area contributed by atoms with E-state index in [4.69, 9.17) is 0 Å². The molecule has 0 bridgehead atoms. The van der Waals surface area contributed by atoms with Crippen molar-refractivity contribution in [1.82, 2.24) is 10.6 Å². The van der Waals surface area contributed by atoms with Gasteiger partial charge in [0.05, 0.1) is 6.04 Å². The van der Waals surface area contributed by atoms with Crippen LogP contribution in [0.5, 0.6) is 0 Å². The highest BCUT2D eigenvalue weighted by molar-refractivity contribution is 7.98. The Kier molecular flexibility index (Phi) is 7.96. The van der Waals surface area contributed by atoms with Gasteiger partial charge in [0.25, 0.3) is 0 Å². The zero-order valence-electron chi connectivity index (χ0n) is 14.0. The summed E-state index contributed by atoms with van der Waals surface area (Å²) in [5.74, 6) is 0.649. The molecule has 0 unspecified atom stereocenters. The summed E-state index contributed by atoms with van der Waals surface area (Å²) in [5, 5.41) is 5.85. The first kappa shape index (κ1) is 19.0. The lowest BCUT2D eigenvalue weighted by atomic mass is 10.1. The lowest BCUT2D eigenvalue weighted by Crippen LogP contribution is -2.47. The minimum atomic E-state index is -0.456. The van der Waals surface area contributed by atoms with Gasteiger partial charge in [0.1, 0.15) is 6.04 Å². The molecule has 1 aromatic heterocycles. The number of hydrogen-bond donors (Lipinski definition) is 2. The fraction of sp³-hybridized carbons (Fsp3) is 0.625. The van der Waals surface area contributed by atoms with E-state index >= 15 is 0 Å². The van der Waals surface area contributed by atoms with Crippen molar-refractivity contribution in [3.63, 3.8) is 0 Å². The van der Waals surface area contributed by atoms with E-state index in [0.717, 1.165) is 11.3 Å². The standard InChI is InChI=1S/C16H26N2O2S2/c1-6-15(19)18-14(7-8-21-5)16(20)17-11(3)13-9-10(2)22-12(13)4/h9,11,14H,6-8H2,1-5H3,(H,17,20)(H,18,19)/t11-,14-/m1/s1. The minimum absolute atomic E-state index is 0.0484. The first-order valence-corrected chi connectivity index (χ1v) is 9.75. The van der Waals surface area contributed by atoms with E-state index in [0.29, 0.717) is 12.8 Å². The number of amides is 2. The summed E-state index contributed by atoms with van der Waals surface area (Å²) in [5.41, 5.74) is 1.15. The van der Waals surface area contributed by atoms with E-state index in [1.54, 1.807) is 30.0 Å². The van der Waals surface area contributed by atoms with Gasteiger partial charge in [-0.2, -0.15) is 11.8 Å². The molecule has 0 fully saturated rings. The Hall–Kier alpha value is -1.01. The molecule has 2 atom stereocenters. The smallest absolute Gasteiger partial charge is 0.243 e. The van der Waals surface area contributed by atoms with Crippen LogP contribution in [0, 0.1) is 13.8 Å². The van der Waals surface area contributed by atoms with E-state index in [-0.39, 0.29) is 17.9 Å². The van der Waals surface area contributed by atoms with Gasteiger partial charge < -0.3 is 10.6 Å². The van der Waals surface area contributed by atoms with E-state index in [1.807, 2.05) is 13.2 Å². The molecule has 2 N–H and O–H groups in total. The summed E-state index contributed by atoms with van der Waals surface area (Å²) in [6, 6.07) is 1.61. The lowest BCUT2D eigenvalue weighted by molar-refractivity contribution is -0.129. The third-order valence-corrected chi connectivity index (χ3v) is 5.11. The number of hydrogen-bond acceptors (Lipinski definition) is 4. The summed E-state index contributed by atoms with van der Waals surface area (Å²) >= 11 is 3.41. The number of nitrogens with one attached hydrogen (secondary N) is 2. The summed E-state index contributed by atoms with van der Waals surface area (Å²) in [6.07, 6.45) is 3.03. The van der Waals surface area contributed by atoms with Gasteiger partial charge in [-0.1, -0.05) is 6.92 Å². The van der Waals surface area contributed by atoms with Crippen molar-refractivity contribution < 1.29 is 9.59 Å². The second-order valence-electron chi connectivity index (χ2n) is 5.35. The average Bonchev–Trinajstić information content (AvgIpc) is 2.81. The molecule has 124 valence electrons. The molecule has 0 aliphatic heterocycles. The van der Waals surface area contributed by atoms with Crippen LogP contribution in [-0.2, 0) is 9.59 Å². The first-order valence-electron chi connectivity index (χ1n) is 7.54. The van der Waals surface area contributed by atoms with Crippen LogP contribution in [0.1, 0.15) is 48.0 Å². The van der Waals surface area contributed by atoms with Gasteiger partial charge in [0, 0.05) is 16.2 Å². The number of rotatable bonds is 8. The van der Waals surface area contributed by atoms with Crippen LogP contribution in [0.15, 0.2) is 6.07 Å². The fourth-order valence-corrected chi connectivity index (χ4v) is 3.77. The molecule has 6 heteroatoms. The van der Waals surface area contributed by atoms with E-state index < -0.39 is 6.04 Å². The molecule has 1 rings (SSSR count). The molecule has 2 amide bonds. The lowest BCUT2D eigenvalue weighted by Gasteiger charge is -2.21. The van der Waals surface area contributed by atoms with Crippen LogP contribution in [-0.4, -0.2) is 29.9 Å². The largest absolute Gasteiger partial charge is 0.348 e. The number of thiophene rings is 1. The SMILES string of the molecule is CCC(=O)N[C@H](CCSC)C(=O)N[C@H](C)c1cc(C)sc1C. The molecule has 0 saturated carbocycles. The molecular formula is C16H26N2O2S2. The van der Waals surface area contributed by atoms with Gasteiger partial charge >= 0.3 is 0 Å². The normalized spacial score (nSPS) is 13.5. The Morgan fingerprint density at radius 3 is 2.50 bits per heavy atom. The summed E-state index contributed by atoms with van der Waals surface area (Å²) in [4.78, 5) is 26.5. The molecule has 0 radical (unpaired) electrons. The third kappa shape index (κ3) is 5.65. The van der Waals surface area contributed by atoms with Gasteiger partial charge in [0.15, 0.2) is 0 Å². The van der Waals surface area contributed by atoms with Crippen LogP contribution in [0.2, 0.25) is 0 Å². The van der Waals surface area contributed by atoms with Gasteiger partial charge in [0.2, 0.25) is 11.8 Å². The number of carbonyl (C=O) groups is 2. The topological polar surface area (TPSA) is 58.2 Å². The summed E-state index contributed by atoms with van der Waals surface area (Å²) < 4.78 is 0. The molecule has 0 saturated heterocycles. The second-order valence-corrected chi connectivity index (χ2v) is 7.80. The zero-order chi connectivity index (χ0) is 16.7. The van der Waals surface area contributed by atoms with Crippen molar-refractivity contribution in [2.45, 2.75) is 52.6 Å². The van der Waals surface area contributed by atoms with Crippen molar-refractivity contribution in [3.8, 4) is 0 Å². The van der Waals surface area contributed by atoms with Crippen molar-refractivity contribution in [1.29, 1.82) is 0 Å². The Bertz CT molecular complexity index is 514. The Labute approximate surface area is 141 Å². The number of carbonyl (C=O) groups excluding carboxylic acids is 2. The fourth-order valence-electron chi connectivity index (χ4n) is 2.27. The van der Waals surface area contributed by atoms with Gasteiger partial charge in [-0.25, -0.2) is 0 Å². The van der Waals surface area contributed by atoms with E-state index in [9.17, 15) is 9.59 Å². The molecule has 0 aliphatic rings. The Balaban J connectivity index is 2.72. The van der Waals surface area contributed by atoms with Crippen molar-refractivity contribution in [2.75, 3.05) is 12.0 Å². The van der Waals surface area contributed by atoms with Crippen molar-refractivity contribution in [2.24, 2.45) is 0 Å². The molecule has 1 aromatic rings. The number of aryl methyl sites for hydroxylation is 2. The predicted octanol–water partition coefficient (Wildman–Crippen LogP) is 3.19. The minimum Gasteiger partial charge on any atom is -0.348 e. The maximum Gasteiger partial charge on any atom is 0.243 e. The quantitative estimate of drug-likeness (QED) is 0.763. The monoisotopic (exact) mass is 342 g/mol. The molecule has 1 heterocycles. The maximum absolute atomic E-state index is 12.5. The van der Waals surface area contributed by atoms with Gasteiger partial charge in [-0.15, -0.1) is 11.3 Å². The first-order chi connectivity index (χ1) is 10.4. The Morgan fingerprint density at radius 2 is 2.00 bits per heavy atom. The highest BCUT2D eigenvalue weighted by Crippen LogP contribution is 2.26. The van der Waals surface area contributed by atoms with Crippen LogP contribution >= 0.6 is 23.1 Å². The maximum atomic E-state index is 12.5. The predicted molar refractivity (Wildman–Crippen MR) is 95.6 cm³/mol. The Morgan fingerprint density at radius 1 is 1.32 bits per heavy atom. The zero-order valence-corrected chi connectivity index (χ0v) is 15.6. The van der Waals surface area contributed by atoms with E-state index in [1.165, 1.54) is 9.75 Å². The summed E-state index contributed by atoms with van der Waals surface area (Å²) in [6.45, 7) is 7.91. The van der Waals surface area contributed by atoms with Crippen LogP contribution in [0.25, 0.3) is 0 Å². The molecule has 22 heavy (non-hydrogen) atoms. The van der Waals surface area contributed by atoms with Crippen molar-refractivity contribution in [3.05, 3.63) is 21.4 Å². The summed E-state index contributed by atoms with van der Waals surface area (Å²) in [7, 11) is 0. The second kappa shape index (κ2) is 9.20. The van der Waals surface area contributed by atoms with Crippen LogP contribution < -0.4 is 10.6 Å². The van der Waals surface area contributed by atoms with Crippen LogP contribution in [0.3, 0.4) is 0 Å². The molecule has 4 nitrogen and oxygen atoms in total. The van der Waals surface area contributed by atoms with E-state index in [2.05, 4.69) is 30.5 Å². The molecular weight excluding hydrogens is 316 g/mol. The van der Waals surface area contributed by atoms with Crippen LogP contribution in [0.4, 0.5) is 0 Å². The highest BCUT2D eigenvalue weighted by atomic mass is 32.2. The van der Waals surface area contributed by atoms with Gasteiger partial charge in [-0.3, -0.25) is 9.59 Å². The van der Waals surface area contributed by atoms with Crippen molar-refractivity contribution >= 4 is 34.9 Å². The molecule has 0 spiro atoms.